The maximum Gasteiger partial charge on any atom is 0.307 e. The Morgan fingerprint density at radius 1 is 1.54 bits per heavy atom. The molecule has 24 heavy (non-hydrogen) atoms. The van der Waals surface area contributed by atoms with Crippen LogP contribution in [0.5, 0.6) is 0 Å². The summed E-state index contributed by atoms with van der Waals surface area (Å²) in [7, 11) is 0. The molecule has 0 amide bonds. The molecule has 0 atom stereocenters. The number of nitrogens with zero attached hydrogens (tertiary/aromatic N) is 6. The number of nitrogens with one attached hydrogen (secondary N) is 1. The Morgan fingerprint density at radius 2 is 2.38 bits per heavy atom. The van der Waals surface area contributed by atoms with E-state index in [1.165, 1.54) is 28.0 Å². The van der Waals surface area contributed by atoms with Crippen LogP contribution >= 0.6 is 12.2 Å². The maximum absolute atomic E-state index is 10.6. The van der Waals surface area contributed by atoms with Gasteiger partial charge in [-0.1, -0.05) is 6.92 Å². The van der Waals surface area contributed by atoms with Gasteiger partial charge in [0.05, 0.1) is 17.7 Å². The van der Waals surface area contributed by atoms with Crippen molar-refractivity contribution in [2.45, 2.75) is 19.9 Å². The molecule has 3 aromatic heterocycles. The van der Waals surface area contributed by atoms with Crippen LogP contribution in [0, 0.1) is 14.9 Å². The van der Waals surface area contributed by atoms with Crippen molar-refractivity contribution in [3.8, 4) is 0 Å². The third kappa shape index (κ3) is 3.30. The molecule has 11 heteroatoms. The number of furan rings is 1. The lowest BCUT2D eigenvalue weighted by atomic mass is 10.4. The van der Waals surface area contributed by atoms with E-state index in [1.54, 1.807) is 12.1 Å². The van der Waals surface area contributed by atoms with Crippen molar-refractivity contribution in [3.05, 3.63) is 56.8 Å². The zero-order valence-electron chi connectivity index (χ0n) is 12.6. The van der Waals surface area contributed by atoms with E-state index in [0.717, 1.165) is 0 Å². The van der Waals surface area contributed by atoms with E-state index in [9.17, 15) is 10.1 Å². The van der Waals surface area contributed by atoms with Gasteiger partial charge in [-0.25, -0.2) is 0 Å². The number of aryl methyl sites for hydroxylation is 1. The minimum atomic E-state index is -0.496. The van der Waals surface area contributed by atoms with Crippen LogP contribution in [0.25, 0.3) is 0 Å². The molecule has 0 saturated heterocycles. The van der Waals surface area contributed by atoms with Gasteiger partial charge in [-0.3, -0.25) is 19.9 Å². The molecule has 0 radical (unpaired) electrons. The molecule has 3 aromatic rings. The fourth-order valence-corrected chi connectivity index (χ4v) is 2.23. The largest absolute Gasteiger partial charge is 0.458 e. The van der Waals surface area contributed by atoms with Gasteiger partial charge in [0.25, 0.3) is 0 Å². The summed E-state index contributed by atoms with van der Waals surface area (Å²) in [5, 5.41) is 25.5. The normalized spacial score (nSPS) is 11.4. The number of nitro groups is 1. The Labute approximate surface area is 140 Å². The lowest BCUT2D eigenvalue weighted by Crippen LogP contribution is -1.98. The highest BCUT2D eigenvalue weighted by Gasteiger charge is 2.10. The Hall–Kier alpha value is -3.08. The highest BCUT2D eigenvalue weighted by atomic mass is 32.1. The van der Waals surface area contributed by atoms with Crippen LogP contribution in [-0.2, 0) is 13.0 Å². The van der Waals surface area contributed by atoms with Crippen LogP contribution < -0.4 is 0 Å². The van der Waals surface area contributed by atoms with Gasteiger partial charge < -0.3 is 4.42 Å². The SMILES string of the molecule is CCc1n[nH]c(=S)n1/N=C/c1ccc(Cn2cc([N+](=O)[O-])cn2)o1. The molecule has 0 aliphatic rings. The van der Waals surface area contributed by atoms with Crippen LogP contribution in [0.4, 0.5) is 5.69 Å². The summed E-state index contributed by atoms with van der Waals surface area (Å²) >= 11 is 5.10. The van der Waals surface area contributed by atoms with Gasteiger partial charge in [0, 0.05) is 6.42 Å². The zero-order valence-corrected chi connectivity index (χ0v) is 13.4. The average Bonchev–Trinajstić information content (AvgIpc) is 3.26. The van der Waals surface area contributed by atoms with E-state index in [4.69, 9.17) is 16.6 Å². The standard InChI is InChI=1S/C13H13N7O3S/c1-2-12-16-17-13(24)19(12)15-6-10-3-4-11(23-10)8-18-7-9(5-14-18)20(21)22/h3-7H,2,8H2,1H3,(H,17,24)/b15-6+. The predicted octanol–water partition coefficient (Wildman–Crippen LogP) is 2.13. The Balaban J connectivity index is 1.73. The minimum Gasteiger partial charge on any atom is -0.458 e. The van der Waals surface area contributed by atoms with Crippen molar-refractivity contribution in [1.82, 2.24) is 24.7 Å². The Bertz CT molecular complexity index is 949. The molecule has 0 fully saturated rings. The van der Waals surface area contributed by atoms with Gasteiger partial charge >= 0.3 is 5.69 Å². The van der Waals surface area contributed by atoms with Crippen molar-refractivity contribution in [2.24, 2.45) is 5.10 Å². The van der Waals surface area contributed by atoms with Gasteiger partial charge in [0.15, 0.2) is 5.82 Å². The minimum absolute atomic E-state index is 0.0650. The smallest absolute Gasteiger partial charge is 0.307 e. The van der Waals surface area contributed by atoms with Crippen LogP contribution in [0.3, 0.4) is 0 Å². The molecule has 124 valence electrons. The molecule has 0 spiro atoms. The lowest BCUT2D eigenvalue weighted by Gasteiger charge is -1.97. The monoisotopic (exact) mass is 347 g/mol. The van der Waals surface area contributed by atoms with E-state index in [0.29, 0.717) is 28.5 Å². The third-order valence-electron chi connectivity index (χ3n) is 3.16. The number of hydrogen-bond acceptors (Lipinski definition) is 7. The Morgan fingerprint density at radius 3 is 3.08 bits per heavy atom. The van der Waals surface area contributed by atoms with Crippen molar-refractivity contribution < 1.29 is 9.34 Å². The van der Waals surface area contributed by atoms with Crippen molar-refractivity contribution >= 4 is 24.1 Å². The van der Waals surface area contributed by atoms with Crippen LogP contribution in [0.1, 0.15) is 24.3 Å². The van der Waals surface area contributed by atoms with Gasteiger partial charge in [-0.05, 0) is 24.4 Å². The predicted molar refractivity (Wildman–Crippen MR) is 86.5 cm³/mol. The summed E-state index contributed by atoms with van der Waals surface area (Å²) in [6.45, 7) is 2.23. The van der Waals surface area contributed by atoms with E-state index in [1.807, 2.05) is 6.92 Å². The van der Waals surface area contributed by atoms with E-state index < -0.39 is 4.92 Å². The lowest BCUT2D eigenvalue weighted by molar-refractivity contribution is -0.385. The number of rotatable bonds is 6. The molecule has 3 heterocycles. The van der Waals surface area contributed by atoms with Gasteiger partial charge in [0.2, 0.25) is 4.77 Å². The highest BCUT2D eigenvalue weighted by molar-refractivity contribution is 7.71. The molecule has 3 rings (SSSR count). The number of hydrogen-bond donors (Lipinski definition) is 1. The molecular formula is C13H13N7O3S. The average molecular weight is 347 g/mol. The van der Waals surface area contributed by atoms with Crippen molar-refractivity contribution in [2.75, 3.05) is 0 Å². The third-order valence-corrected chi connectivity index (χ3v) is 3.43. The number of H-pyrrole nitrogens is 1. The summed E-state index contributed by atoms with van der Waals surface area (Å²) in [4.78, 5) is 10.1. The van der Waals surface area contributed by atoms with Gasteiger partial charge in [0.1, 0.15) is 23.9 Å². The summed E-state index contributed by atoms with van der Waals surface area (Å²) < 4.78 is 8.96. The van der Waals surface area contributed by atoms with E-state index in [2.05, 4.69) is 20.4 Å². The zero-order chi connectivity index (χ0) is 17.1. The highest BCUT2D eigenvalue weighted by Crippen LogP contribution is 2.12. The molecular weight excluding hydrogens is 334 g/mol. The Kier molecular flexibility index (Phi) is 4.33. The number of aromatic nitrogens is 5. The summed E-state index contributed by atoms with van der Waals surface area (Å²) in [6, 6.07) is 3.50. The van der Waals surface area contributed by atoms with Crippen LogP contribution in [0.15, 0.2) is 34.0 Å². The quantitative estimate of drug-likeness (QED) is 0.316. The first-order valence-electron chi connectivity index (χ1n) is 7.03. The molecule has 0 aliphatic heterocycles. The van der Waals surface area contributed by atoms with Crippen molar-refractivity contribution in [3.63, 3.8) is 0 Å². The first-order valence-corrected chi connectivity index (χ1v) is 7.44. The molecule has 0 saturated carbocycles. The van der Waals surface area contributed by atoms with E-state index in [-0.39, 0.29) is 12.2 Å². The van der Waals surface area contributed by atoms with Crippen LogP contribution in [0.2, 0.25) is 0 Å². The second-order valence-corrected chi connectivity index (χ2v) is 5.20. The van der Waals surface area contributed by atoms with Gasteiger partial charge in [-0.2, -0.15) is 20.0 Å². The first kappa shape index (κ1) is 15.8. The van der Waals surface area contributed by atoms with E-state index >= 15 is 0 Å². The van der Waals surface area contributed by atoms with Crippen LogP contribution in [-0.4, -0.2) is 35.8 Å². The summed E-state index contributed by atoms with van der Waals surface area (Å²) in [5.74, 6) is 1.84. The second-order valence-electron chi connectivity index (χ2n) is 4.81. The molecule has 0 bridgehead atoms. The fourth-order valence-electron chi connectivity index (χ4n) is 2.03. The molecule has 1 N–H and O–H groups in total. The van der Waals surface area contributed by atoms with Crippen molar-refractivity contribution in [1.29, 1.82) is 0 Å². The molecule has 0 aromatic carbocycles. The fraction of sp³-hybridized carbons (Fsp3) is 0.231. The molecule has 0 aliphatic carbocycles. The molecule has 10 nitrogen and oxygen atoms in total. The van der Waals surface area contributed by atoms with Gasteiger partial charge in [-0.15, -0.1) is 0 Å². The topological polar surface area (TPSA) is 120 Å². The molecule has 0 unspecified atom stereocenters. The first-order chi connectivity index (χ1) is 11.6. The second kappa shape index (κ2) is 6.58. The summed E-state index contributed by atoms with van der Waals surface area (Å²) in [5.41, 5.74) is -0.0650. The maximum atomic E-state index is 10.6. The number of aromatic amines is 1. The summed E-state index contributed by atoms with van der Waals surface area (Å²) in [6.07, 6.45) is 4.75.